The van der Waals surface area contributed by atoms with Crippen LogP contribution in [0.1, 0.15) is 12.5 Å². The quantitative estimate of drug-likeness (QED) is 0.213. The molecule has 1 saturated heterocycles. The third kappa shape index (κ3) is 5.47. The van der Waals surface area contributed by atoms with E-state index in [-0.39, 0.29) is 33.1 Å². The van der Waals surface area contributed by atoms with Gasteiger partial charge >= 0.3 is 5.69 Å². The Kier molecular flexibility index (Phi) is 7.43. The molecule has 0 N–H and O–H groups in total. The summed E-state index contributed by atoms with van der Waals surface area (Å²) in [6, 6.07) is 7.48. The minimum atomic E-state index is -1.45. The number of thioether (sulfide) groups is 1. The van der Waals surface area contributed by atoms with Gasteiger partial charge in [0.25, 0.3) is 11.6 Å². The van der Waals surface area contributed by atoms with Crippen molar-refractivity contribution < 1.29 is 34.0 Å². The maximum absolute atomic E-state index is 12.4. The number of nitrogens with zero attached hydrogens (tertiary/aromatic N) is 3. The van der Waals surface area contributed by atoms with E-state index in [9.17, 15) is 34.9 Å². The van der Waals surface area contributed by atoms with Crippen LogP contribution in [0.25, 0.3) is 6.08 Å². The van der Waals surface area contributed by atoms with Gasteiger partial charge in [0.1, 0.15) is 4.32 Å². The molecule has 1 aliphatic rings. The molecule has 12 nitrogen and oxygen atoms in total. The van der Waals surface area contributed by atoms with Crippen LogP contribution in [-0.2, 0) is 9.59 Å². The highest BCUT2D eigenvalue weighted by atomic mass is 32.2. The van der Waals surface area contributed by atoms with Gasteiger partial charge in [-0.05, 0) is 36.8 Å². The van der Waals surface area contributed by atoms with Gasteiger partial charge in [0.2, 0.25) is 5.75 Å². The molecule has 0 spiro atoms. The van der Waals surface area contributed by atoms with E-state index < -0.39 is 39.6 Å². The fraction of sp³-hybridized carbons (Fsp3) is 0.150. The molecule has 2 aromatic rings. The molecule has 1 heterocycles. The monoisotopic (exact) mass is 504 g/mol. The lowest BCUT2D eigenvalue weighted by Crippen LogP contribution is -2.40. The van der Waals surface area contributed by atoms with Gasteiger partial charge in [-0.25, -0.2) is 0 Å². The highest BCUT2D eigenvalue weighted by Gasteiger charge is 2.32. The van der Waals surface area contributed by atoms with Gasteiger partial charge in [-0.1, -0.05) is 30.0 Å². The lowest BCUT2D eigenvalue weighted by molar-refractivity contribution is -0.394. The molecule has 1 aliphatic heterocycles. The van der Waals surface area contributed by atoms with Crippen molar-refractivity contribution in [3.05, 3.63) is 67.1 Å². The summed E-state index contributed by atoms with van der Waals surface area (Å²) in [7, 11) is 0. The third-order valence-corrected chi connectivity index (χ3v) is 5.67. The number of aliphatic carboxylic acids is 1. The highest BCUT2D eigenvalue weighted by molar-refractivity contribution is 8.26. The van der Waals surface area contributed by atoms with Crippen LogP contribution < -0.4 is 14.6 Å². The molecule has 0 radical (unpaired) electrons. The molecule has 0 aromatic heterocycles. The second kappa shape index (κ2) is 10.3. The molecule has 14 heteroatoms. The maximum atomic E-state index is 12.4. The van der Waals surface area contributed by atoms with E-state index in [2.05, 4.69) is 0 Å². The lowest BCUT2D eigenvalue weighted by atomic mass is 10.1. The molecule has 0 atom stereocenters. The standard InChI is InChI=1S/C20H15N3O9S2/c1-2-31-16-7-11(8-17-19(26)21(10-18(24)25)20(33)34-17)3-5-15(16)32-14-6-4-12(22(27)28)9-13(14)23(29)30/h3-9H,2,10H2,1H3,(H,24,25)/p-1/b17-8+. The van der Waals surface area contributed by atoms with Crippen LogP contribution in [0, 0.1) is 20.2 Å². The number of non-ortho nitro benzene ring substituents is 1. The van der Waals surface area contributed by atoms with Crippen molar-refractivity contribution in [3.63, 3.8) is 0 Å². The van der Waals surface area contributed by atoms with Crippen LogP contribution in [0.3, 0.4) is 0 Å². The van der Waals surface area contributed by atoms with Crippen LogP contribution in [0.15, 0.2) is 41.3 Å². The van der Waals surface area contributed by atoms with Crippen LogP contribution in [0.5, 0.6) is 17.2 Å². The number of amides is 1. The Morgan fingerprint density at radius 3 is 2.44 bits per heavy atom. The van der Waals surface area contributed by atoms with E-state index in [4.69, 9.17) is 21.7 Å². The molecule has 0 unspecified atom stereocenters. The van der Waals surface area contributed by atoms with E-state index in [1.807, 2.05) is 0 Å². The summed E-state index contributed by atoms with van der Waals surface area (Å²) in [6.07, 6.45) is 1.48. The van der Waals surface area contributed by atoms with Gasteiger partial charge in [0.15, 0.2) is 11.5 Å². The fourth-order valence-corrected chi connectivity index (χ4v) is 4.11. The number of carboxylic acid groups (broad SMARTS) is 1. The van der Waals surface area contributed by atoms with Crippen molar-refractivity contribution in [2.45, 2.75) is 6.92 Å². The van der Waals surface area contributed by atoms with Crippen LogP contribution in [-0.4, -0.2) is 44.1 Å². The molecule has 0 bridgehead atoms. The summed E-state index contributed by atoms with van der Waals surface area (Å²) in [5.74, 6) is -1.97. The van der Waals surface area contributed by atoms with Crippen LogP contribution in [0.4, 0.5) is 11.4 Å². The SMILES string of the molecule is CCOc1cc(/C=C2/SC(=S)N(CC(=O)[O-])C2=O)ccc1Oc1ccc([N+](=O)[O-])cc1[N+](=O)[O-]. The first-order valence-electron chi connectivity index (χ1n) is 9.43. The van der Waals surface area contributed by atoms with Crippen LogP contribution in [0.2, 0.25) is 0 Å². The Morgan fingerprint density at radius 2 is 1.82 bits per heavy atom. The zero-order valence-corrected chi connectivity index (χ0v) is 18.9. The molecule has 176 valence electrons. The Hall–Kier alpha value is -4.04. The maximum Gasteiger partial charge on any atom is 0.318 e. The summed E-state index contributed by atoms with van der Waals surface area (Å²) in [4.78, 5) is 45.1. The molecular weight excluding hydrogens is 490 g/mol. The van der Waals surface area contributed by atoms with Gasteiger partial charge in [0, 0.05) is 6.07 Å². The second-order valence-electron chi connectivity index (χ2n) is 6.55. The number of rotatable bonds is 9. The largest absolute Gasteiger partial charge is 0.548 e. The molecule has 1 amide bonds. The zero-order valence-electron chi connectivity index (χ0n) is 17.3. The summed E-state index contributed by atoms with van der Waals surface area (Å²) in [6.45, 7) is 1.26. The molecular formula is C20H14N3O9S2-. The number of carboxylic acids is 1. The summed E-state index contributed by atoms with van der Waals surface area (Å²) in [5.41, 5.74) is -0.573. The molecule has 0 aliphatic carbocycles. The Morgan fingerprint density at radius 1 is 1.12 bits per heavy atom. The predicted octanol–water partition coefficient (Wildman–Crippen LogP) is 2.65. The normalized spacial score (nSPS) is 14.4. The number of thiocarbonyl (C=S) groups is 1. The van der Waals surface area contributed by atoms with Crippen molar-refractivity contribution in [1.29, 1.82) is 0 Å². The van der Waals surface area contributed by atoms with Gasteiger partial charge in [-0.2, -0.15) is 0 Å². The van der Waals surface area contributed by atoms with Gasteiger partial charge in [-0.3, -0.25) is 29.9 Å². The van der Waals surface area contributed by atoms with Crippen molar-refractivity contribution in [2.75, 3.05) is 13.2 Å². The van der Waals surface area contributed by atoms with Gasteiger partial charge in [0.05, 0.1) is 39.9 Å². The topological polar surface area (TPSA) is 165 Å². The van der Waals surface area contributed by atoms with Gasteiger partial charge in [-0.15, -0.1) is 0 Å². The first-order valence-corrected chi connectivity index (χ1v) is 10.7. The number of nitro benzene ring substituents is 2. The van der Waals surface area contributed by atoms with E-state index in [1.165, 1.54) is 18.2 Å². The van der Waals surface area contributed by atoms with Crippen LogP contribution >= 0.6 is 24.0 Å². The third-order valence-electron chi connectivity index (χ3n) is 4.30. The highest BCUT2D eigenvalue weighted by Crippen LogP contribution is 2.39. The molecule has 34 heavy (non-hydrogen) atoms. The number of ether oxygens (including phenoxy) is 2. The Bertz CT molecular complexity index is 1250. The first kappa shape index (κ1) is 24.6. The van der Waals surface area contributed by atoms with Gasteiger partial charge < -0.3 is 19.4 Å². The molecule has 3 rings (SSSR count). The average molecular weight is 504 g/mol. The van der Waals surface area contributed by atoms with Crippen molar-refractivity contribution >= 4 is 57.6 Å². The Labute approximate surface area is 201 Å². The summed E-state index contributed by atoms with van der Waals surface area (Å²) in [5, 5.41) is 33.1. The number of hydrogen-bond acceptors (Lipinski definition) is 11. The van der Waals surface area contributed by atoms with E-state index in [1.54, 1.807) is 13.0 Å². The number of carbonyl (C=O) groups is 2. The fourth-order valence-electron chi connectivity index (χ4n) is 2.85. The number of benzene rings is 2. The average Bonchev–Trinajstić information content (AvgIpc) is 3.02. The second-order valence-corrected chi connectivity index (χ2v) is 8.22. The smallest absolute Gasteiger partial charge is 0.318 e. The zero-order chi connectivity index (χ0) is 25.0. The van der Waals surface area contributed by atoms with E-state index >= 15 is 0 Å². The summed E-state index contributed by atoms with van der Waals surface area (Å²) >= 11 is 5.97. The number of carbonyl (C=O) groups excluding carboxylic acids is 2. The van der Waals surface area contributed by atoms with Crippen molar-refractivity contribution in [1.82, 2.24) is 4.90 Å². The molecule has 1 fully saturated rings. The van der Waals surface area contributed by atoms with Crippen molar-refractivity contribution in [3.8, 4) is 17.2 Å². The van der Waals surface area contributed by atoms with E-state index in [0.29, 0.717) is 5.56 Å². The number of nitro groups is 2. The van der Waals surface area contributed by atoms with E-state index in [0.717, 1.165) is 34.9 Å². The Balaban J connectivity index is 1.93. The predicted molar refractivity (Wildman–Crippen MR) is 122 cm³/mol. The molecule has 2 aromatic carbocycles. The lowest BCUT2D eigenvalue weighted by Gasteiger charge is -2.14. The summed E-state index contributed by atoms with van der Waals surface area (Å²) < 4.78 is 11.3. The number of hydrogen-bond donors (Lipinski definition) is 0. The van der Waals surface area contributed by atoms with Crippen molar-refractivity contribution in [2.24, 2.45) is 0 Å². The minimum absolute atomic E-state index is 0.0796. The minimum Gasteiger partial charge on any atom is -0.548 e. The first-order chi connectivity index (χ1) is 16.1. The molecule has 0 saturated carbocycles.